The maximum Gasteiger partial charge on any atom is 0.349 e. The molecule has 0 saturated heterocycles. The highest BCUT2D eigenvalue weighted by molar-refractivity contribution is 7.13. The standard InChI is InChI=1S/C9H9NO3S/c11-8(12)7-6-5(3-14-7)10-4-9(13-6)1-2-9/h3,10H,1-2,4H2,(H,11,12). The summed E-state index contributed by atoms with van der Waals surface area (Å²) in [4.78, 5) is 11.2. The molecule has 0 amide bonds. The molecule has 2 aliphatic rings. The van der Waals surface area contributed by atoms with E-state index in [9.17, 15) is 4.79 Å². The Morgan fingerprint density at radius 3 is 3.07 bits per heavy atom. The van der Waals surface area contributed by atoms with Gasteiger partial charge in [0.2, 0.25) is 0 Å². The number of ether oxygens (including phenoxy) is 1. The number of carbonyl (C=O) groups is 1. The number of nitrogens with one attached hydrogen (secondary N) is 1. The van der Waals surface area contributed by atoms with Crippen LogP contribution in [0.3, 0.4) is 0 Å². The molecule has 1 saturated carbocycles. The molecule has 0 aromatic carbocycles. The fraction of sp³-hybridized carbons (Fsp3) is 0.444. The minimum Gasteiger partial charge on any atom is -0.481 e. The predicted octanol–water partition coefficient (Wildman–Crippen LogP) is 1.78. The van der Waals surface area contributed by atoms with E-state index in [4.69, 9.17) is 9.84 Å². The Kier molecular flexibility index (Phi) is 1.40. The Morgan fingerprint density at radius 2 is 2.43 bits per heavy atom. The molecule has 1 aromatic rings. The number of hydrogen-bond donors (Lipinski definition) is 2. The highest BCUT2D eigenvalue weighted by atomic mass is 32.1. The van der Waals surface area contributed by atoms with Gasteiger partial charge in [0, 0.05) is 5.38 Å². The van der Waals surface area contributed by atoms with Crippen molar-refractivity contribution in [2.24, 2.45) is 0 Å². The molecule has 1 aliphatic heterocycles. The highest BCUT2D eigenvalue weighted by Gasteiger charge is 2.49. The lowest BCUT2D eigenvalue weighted by Crippen LogP contribution is -2.32. The first kappa shape index (κ1) is 8.11. The third kappa shape index (κ3) is 1.02. The van der Waals surface area contributed by atoms with Crippen LogP contribution in [-0.2, 0) is 0 Å². The first-order chi connectivity index (χ1) is 6.70. The highest BCUT2D eigenvalue weighted by Crippen LogP contribution is 2.49. The number of fused-ring (bicyclic) bond motifs is 1. The Labute approximate surface area is 84.5 Å². The van der Waals surface area contributed by atoms with Gasteiger partial charge in [0.05, 0.1) is 12.2 Å². The molecule has 0 unspecified atom stereocenters. The van der Waals surface area contributed by atoms with E-state index in [0.29, 0.717) is 10.6 Å². The molecular formula is C9H9NO3S. The molecule has 2 N–H and O–H groups in total. The smallest absolute Gasteiger partial charge is 0.349 e. The topological polar surface area (TPSA) is 58.6 Å². The summed E-state index contributed by atoms with van der Waals surface area (Å²) >= 11 is 1.21. The average Bonchev–Trinajstić information content (AvgIpc) is 2.77. The van der Waals surface area contributed by atoms with Crippen LogP contribution in [0.4, 0.5) is 5.69 Å². The minimum absolute atomic E-state index is 0.0989. The van der Waals surface area contributed by atoms with Gasteiger partial charge >= 0.3 is 5.97 Å². The fourth-order valence-corrected chi connectivity index (χ4v) is 2.43. The maximum absolute atomic E-state index is 10.9. The van der Waals surface area contributed by atoms with Crippen LogP contribution in [0.15, 0.2) is 5.38 Å². The second kappa shape index (κ2) is 2.42. The predicted molar refractivity (Wildman–Crippen MR) is 52.4 cm³/mol. The summed E-state index contributed by atoms with van der Waals surface area (Å²) in [7, 11) is 0. The minimum atomic E-state index is -0.907. The Bertz CT molecular complexity index is 408. The van der Waals surface area contributed by atoms with Crippen LogP contribution in [0.1, 0.15) is 22.5 Å². The number of hydrogen-bond acceptors (Lipinski definition) is 4. The normalized spacial score (nSPS) is 20.9. The molecule has 1 spiro atoms. The summed E-state index contributed by atoms with van der Waals surface area (Å²) in [5.41, 5.74) is 0.725. The van der Waals surface area contributed by atoms with Crippen molar-refractivity contribution in [1.29, 1.82) is 0 Å². The van der Waals surface area contributed by atoms with E-state index >= 15 is 0 Å². The summed E-state index contributed by atoms with van der Waals surface area (Å²) in [6.07, 6.45) is 2.04. The Balaban J connectivity index is 2.03. The van der Waals surface area contributed by atoms with Crippen LogP contribution in [0, 0.1) is 0 Å². The first-order valence-electron chi connectivity index (χ1n) is 4.48. The van der Waals surface area contributed by atoms with Gasteiger partial charge in [-0.05, 0) is 12.8 Å². The quantitative estimate of drug-likeness (QED) is 0.743. The van der Waals surface area contributed by atoms with Crippen LogP contribution < -0.4 is 10.1 Å². The fourth-order valence-electron chi connectivity index (χ4n) is 1.65. The number of carboxylic acid groups (broad SMARTS) is 1. The van der Waals surface area contributed by atoms with Crippen molar-refractivity contribution in [3.63, 3.8) is 0 Å². The van der Waals surface area contributed by atoms with Crippen LogP contribution >= 0.6 is 11.3 Å². The van der Waals surface area contributed by atoms with Crippen molar-refractivity contribution in [3.05, 3.63) is 10.3 Å². The third-order valence-corrected chi connectivity index (χ3v) is 3.62. The molecule has 0 radical (unpaired) electrons. The van der Waals surface area contributed by atoms with Gasteiger partial charge in [-0.1, -0.05) is 0 Å². The van der Waals surface area contributed by atoms with E-state index in [0.717, 1.165) is 25.1 Å². The molecule has 74 valence electrons. The molecule has 4 nitrogen and oxygen atoms in total. The third-order valence-electron chi connectivity index (χ3n) is 2.67. The summed E-state index contributed by atoms with van der Waals surface area (Å²) in [5, 5.41) is 13.9. The SMILES string of the molecule is O=C(O)c1scc2c1OC1(CC1)CN2. The largest absolute Gasteiger partial charge is 0.481 e. The molecule has 0 atom stereocenters. The lowest BCUT2D eigenvalue weighted by atomic mass is 10.2. The summed E-state index contributed by atoms with van der Waals surface area (Å²) in [5.74, 6) is -0.373. The van der Waals surface area contributed by atoms with Crippen molar-refractivity contribution in [1.82, 2.24) is 0 Å². The monoisotopic (exact) mass is 211 g/mol. The second-order valence-corrected chi connectivity index (χ2v) is 4.63. The van der Waals surface area contributed by atoms with Crippen molar-refractivity contribution < 1.29 is 14.6 Å². The van der Waals surface area contributed by atoms with E-state index in [-0.39, 0.29) is 5.60 Å². The van der Waals surface area contributed by atoms with Gasteiger partial charge in [-0.3, -0.25) is 0 Å². The first-order valence-corrected chi connectivity index (χ1v) is 5.36. The summed E-state index contributed by atoms with van der Waals surface area (Å²) < 4.78 is 5.73. The van der Waals surface area contributed by atoms with E-state index in [2.05, 4.69) is 5.32 Å². The van der Waals surface area contributed by atoms with Gasteiger partial charge in [-0.15, -0.1) is 11.3 Å². The summed E-state index contributed by atoms with van der Waals surface area (Å²) in [6, 6.07) is 0. The summed E-state index contributed by atoms with van der Waals surface area (Å²) in [6.45, 7) is 0.801. The molecule has 3 rings (SSSR count). The Hall–Kier alpha value is -1.23. The maximum atomic E-state index is 10.9. The number of carboxylic acids is 1. The molecule has 1 aliphatic carbocycles. The molecule has 1 fully saturated rings. The van der Waals surface area contributed by atoms with Crippen molar-refractivity contribution in [3.8, 4) is 5.75 Å². The van der Waals surface area contributed by atoms with Crippen LogP contribution in [0.5, 0.6) is 5.75 Å². The van der Waals surface area contributed by atoms with Crippen molar-refractivity contribution in [2.45, 2.75) is 18.4 Å². The Morgan fingerprint density at radius 1 is 1.64 bits per heavy atom. The van der Waals surface area contributed by atoms with Gasteiger partial charge in [-0.25, -0.2) is 4.79 Å². The number of rotatable bonds is 1. The second-order valence-electron chi connectivity index (χ2n) is 3.75. The van der Waals surface area contributed by atoms with E-state index in [1.165, 1.54) is 11.3 Å². The number of thiophene rings is 1. The van der Waals surface area contributed by atoms with E-state index < -0.39 is 5.97 Å². The van der Waals surface area contributed by atoms with Crippen LogP contribution in [-0.4, -0.2) is 23.2 Å². The van der Waals surface area contributed by atoms with Gasteiger partial charge in [0.1, 0.15) is 5.60 Å². The van der Waals surface area contributed by atoms with Gasteiger partial charge in [0.25, 0.3) is 0 Å². The number of anilines is 1. The van der Waals surface area contributed by atoms with Crippen molar-refractivity contribution in [2.75, 3.05) is 11.9 Å². The zero-order chi connectivity index (χ0) is 9.76. The van der Waals surface area contributed by atoms with Crippen LogP contribution in [0.25, 0.3) is 0 Å². The number of aromatic carboxylic acids is 1. The van der Waals surface area contributed by atoms with Gasteiger partial charge in [0.15, 0.2) is 10.6 Å². The van der Waals surface area contributed by atoms with Crippen LogP contribution in [0.2, 0.25) is 0 Å². The molecule has 14 heavy (non-hydrogen) atoms. The van der Waals surface area contributed by atoms with Gasteiger partial charge < -0.3 is 15.2 Å². The molecule has 2 heterocycles. The molecule has 1 aromatic heterocycles. The lowest BCUT2D eigenvalue weighted by Gasteiger charge is -2.25. The lowest BCUT2D eigenvalue weighted by molar-refractivity contribution is 0.0693. The molecular weight excluding hydrogens is 202 g/mol. The zero-order valence-corrected chi connectivity index (χ0v) is 8.19. The van der Waals surface area contributed by atoms with Gasteiger partial charge in [-0.2, -0.15) is 0 Å². The molecule has 5 heteroatoms. The molecule has 0 bridgehead atoms. The zero-order valence-electron chi connectivity index (χ0n) is 7.37. The average molecular weight is 211 g/mol. The van der Waals surface area contributed by atoms with Crippen molar-refractivity contribution >= 4 is 23.0 Å². The van der Waals surface area contributed by atoms with E-state index in [1.54, 1.807) is 5.38 Å². The van der Waals surface area contributed by atoms with E-state index in [1.807, 2.05) is 0 Å².